The van der Waals surface area contributed by atoms with Crippen LogP contribution in [0.3, 0.4) is 0 Å². The highest BCUT2D eigenvalue weighted by Crippen LogP contribution is 2.40. The van der Waals surface area contributed by atoms with Gasteiger partial charge in [-0.1, -0.05) is 64.2 Å². The normalized spacial score (nSPS) is 15.7. The van der Waals surface area contributed by atoms with Gasteiger partial charge in [0.1, 0.15) is 0 Å². The maximum Gasteiger partial charge on any atom is 0.309 e. The molecule has 4 heteroatoms. The fourth-order valence-electron chi connectivity index (χ4n) is 2.15. The van der Waals surface area contributed by atoms with E-state index in [4.69, 9.17) is 0 Å². The summed E-state index contributed by atoms with van der Waals surface area (Å²) in [5.74, 6) is -1.65. The Morgan fingerprint density at radius 1 is 1.20 bits per heavy atom. The molecule has 0 amide bonds. The first-order chi connectivity index (χ1) is 9.07. The standard InChI is InChI=1S/C16H26O3Si/c1-16(2,3)20(4,5)15(19)13(14(17)18)11-12-9-7-6-8-10-12/h6-10,13,15,19H,11H2,1-5H3,(H,17,18). The van der Waals surface area contributed by atoms with Crippen LogP contribution in [0.1, 0.15) is 26.3 Å². The minimum absolute atomic E-state index is 0.0448. The van der Waals surface area contributed by atoms with Crippen LogP contribution in [-0.2, 0) is 11.2 Å². The number of aliphatic hydroxyl groups is 1. The molecular weight excluding hydrogens is 268 g/mol. The van der Waals surface area contributed by atoms with Crippen LogP contribution in [0.2, 0.25) is 18.1 Å². The van der Waals surface area contributed by atoms with Crippen molar-refractivity contribution in [1.29, 1.82) is 0 Å². The average Bonchev–Trinajstić information content (AvgIpc) is 2.34. The number of benzene rings is 1. The third kappa shape index (κ3) is 3.70. The van der Waals surface area contributed by atoms with E-state index in [1.807, 2.05) is 30.3 Å². The van der Waals surface area contributed by atoms with Gasteiger partial charge in [-0.3, -0.25) is 4.79 Å². The minimum Gasteiger partial charge on any atom is -0.481 e. The highest BCUT2D eigenvalue weighted by molar-refractivity contribution is 6.81. The van der Waals surface area contributed by atoms with Crippen molar-refractivity contribution in [2.45, 2.75) is 51.1 Å². The average molecular weight is 294 g/mol. The van der Waals surface area contributed by atoms with E-state index in [1.54, 1.807) is 0 Å². The zero-order valence-corrected chi connectivity index (χ0v) is 14.1. The number of carboxylic acid groups (broad SMARTS) is 1. The summed E-state index contributed by atoms with van der Waals surface area (Å²) in [4.78, 5) is 11.6. The van der Waals surface area contributed by atoms with Gasteiger partial charge in [0.15, 0.2) is 0 Å². The molecule has 0 fully saturated rings. The van der Waals surface area contributed by atoms with Gasteiger partial charge >= 0.3 is 5.97 Å². The van der Waals surface area contributed by atoms with Gasteiger partial charge in [0.2, 0.25) is 0 Å². The first kappa shape index (κ1) is 16.9. The van der Waals surface area contributed by atoms with Gasteiger partial charge in [0.05, 0.1) is 19.7 Å². The summed E-state index contributed by atoms with van der Waals surface area (Å²) in [6.07, 6.45) is 0.379. The van der Waals surface area contributed by atoms with Crippen LogP contribution in [0.5, 0.6) is 0 Å². The molecular formula is C16H26O3Si. The SMILES string of the molecule is CC(C)(C)[Si](C)(C)C(O)C(Cc1ccccc1)C(=O)O. The van der Waals surface area contributed by atoms with Gasteiger partial charge in [-0.25, -0.2) is 0 Å². The highest BCUT2D eigenvalue weighted by atomic mass is 28.3. The summed E-state index contributed by atoms with van der Waals surface area (Å²) in [5, 5.41) is 20.1. The number of carbonyl (C=O) groups is 1. The summed E-state index contributed by atoms with van der Waals surface area (Å²) < 4.78 is 0. The van der Waals surface area contributed by atoms with Crippen LogP contribution in [0.15, 0.2) is 30.3 Å². The lowest BCUT2D eigenvalue weighted by Crippen LogP contribution is -2.54. The van der Waals surface area contributed by atoms with Gasteiger partial charge in [-0.2, -0.15) is 0 Å². The van der Waals surface area contributed by atoms with Crippen molar-refractivity contribution < 1.29 is 15.0 Å². The summed E-state index contributed by atoms with van der Waals surface area (Å²) in [7, 11) is -2.11. The Hall–Kier alpha value is -1.13. The molecule has 0 aliphatic carbocycles. The van der Waals surface area contributed by atoms with Crippen LogP contribution >= 0.6 is 0 Å². The van der Waals surface area contributed by atoms with E-state index in [2.05, 4.69) is 33.9 Å². The molecule has 20 heavy (non-hydrogen) atoms. The van der Waals surface area contributed by atoms with E-state index in [-0.39, 0.29) is 5.04 Å². The molecule has 3 nitrogen and oxygen atoms in total. The Morgan fingerprint density at radius 3 is 2.10 bits per heavy atom. The Labute approximate surface area is 122 Å². The predicted octanol–water partition coefficient (Wildman–Crippen LogP) is 3.34. The molecule has 0 aliphatic rings. The van der Waals surface area contributed by atoms with Crippen LogP contribution in [0, 0.1) is 5.92 Å². The van der Waals surface area contributed by atoms with E-state index in [9.17, 15) is 15.0 Å². The number of hydrogen-bond acceptors (Lipinski definition) is 2. The van der Waals surface area contributed by atoms with Gasteiger partial charge in [0.25, 0.3) is 0 Å². The maximum absolute atomic E-state index is 11.6. The van der Waals surface area contributed by atoms with E-state index in [0.717, 1.165) is 5.56 Å². The van der Waals surface area contributed by atoms with E-state index < -0.39 is 25.7 Å². The molecule has 0 radical (unpaired) electrons. The van der Waals surface area contributed by atoms with Crippen LogP contribution in [-0.4, -0.2) is 30.0 Å². The monoisotopic (exact) mass is 294 g/mol. The molecule has 2 unspecified atom stereocenters. The largest absolute Gasteiger partial charge is 0.481 e. The molecule has 1 aromatic rings. The Balaban J connectivity index is 3.00. The smallest absolute Gasteiger partial charge is 0.309 e. The number of carboxylic acids is 1. The second-order valence-electron chi connectivity index (χ2n) is 7.05. The molecule has 0 aliphatic heterocycles. The van der Waals surface area contributed by atoms with Crippen LogP contribution in [0.4, 0.5) is 0 Å². The predicted molar refractivity (Wildman–Crippen MR) is 84.5 cm³/mol. The number of aliphatic carboxylic acids is 1. The molecule has 0 bridgehead atoms. The number of aliphatic hydroxyl groups excluding tert-OH is 1. The summed E-state index contributed by atoms with van der Waals surface area (Å²) >= 11 is 0. The molecule has 1 aromatic carbocycles. The van der Waals surface area contributed by atoms with Crippen molar-refractivity contribution >= 4 is 14.0 Å². The topological polar surface area (TPSA) is 57.5 Å². The van der Waals surface area contributed by atoms with Crippen molar-refractivity contribution in [2.24, 2.45) is 5.92 Å². The lowest BCUT2D eigenvalue weighted by molar-refractivity contribution is -0.144. The maximum atomic E-state index is 11.6. The Bertz CT molecular complexity index is 449. The molecule has 0 saturated carbocycles. The lowest BCUT2D eigenvalue weighted by Gasteiger charge is -2.42. The quantitative estimate of drug-likeness (QED) is 0.819. The third-order valence-electron chi connectivity index (χ3n) is 4.67. The van der Waals surface area contributed by atoms with Gasteiger partial charge < -0.3 is 10.2 Å². The molecule has 0 aromatic heterocycles. The zero-order valence-electron chi connectivity index (χ0n) is 13.1. The van der Waals surface area contributed by atoms with Gasteiger partial charge in [-0.05, 0) is 17.0 Å². The summed E-state index contributed by atoms with van der Waals surface area (Å²) in [6.45, 7) is 10.4. The summed E-state index contributed by atoms with van der Waals surface area (Å²) in [5.41, 5.74) is 0.192. The second-order valence-corrected chi connectivity index (χ2v) is 12.6. The van der Waals surface area contributed by atoms with Crippen molar-refractivity contribution in [3.05, 3.63) is 35.9 Å². The Morgan fingerprint density at radius 2 is 1.70 bits per heavy atom. The Kier molecular flexibility index (Phi) is 5.16. The minimum atomic E-state index is -2.11. The first-order valence-corrected chi connectivity index (χ1v) is 10.1. The van der Waals surface area contributed by atoms with Crippen LogP contribution < -0.4 is 0 Å². The van der Waals surface area contributed by atoms with Crippen molar-refractivity contribution in [3.8, 4) is 0 Å². The van der Waals surface area contributed by atoms with Crippen molar-refractivity contribution in [2.75, 3.05) is 0 Å². The number of hydrogen-bond donors (Lipinski definition) is 2. The van der Waals surface area contributed by atoms with Crippen molar-refractivity contribution in [1.82, 2.24) is 0 Å². The molecule has 0 heterocycles. The fourth-order valence-corrected chi connectivity index (χ4v) is 4.30. The van der Waals surface area contributed by atoms with E-state index >= 15 is 0 Å². The summed E-state index contributed by atoms with van der Waals surface area (Å²) in [6, 6.07) is 9.52. The van der Waals surface area contributed by atoms with E-state index in [1.165, 1.54) is 0 Å². The van der Waals surface area contributed by atoms with Crippen LogP contribution in [0.25, 0.3) is 0 Å². The second kappa shape index (κ2) is 6.10. The molecule has 2 N–H and O–H groups in total. The number of rotatable bonds is 5. The molecule has 1 rings (SSSR count). The fraction of sp³-hybridized carbons (Fsp3) is 0.562. The third-order valence-corrected chi connectivity index (χ3v) is 10.4. The molecule has 0 saturated heterocycles. The molecule has 0 spiro atoms. The van der Waals surface area contributed by atoms with Gasteiger partial charge in [-0.15, -0.1) is 0 Å². The van der Waals surface area contributed by atoms with Crippen molar-refractivity contribution in [3.63, 3.8) is 0 Å². The van der Waals surface area contributed by atoms with Gasteiger partial charge in [0, 0.05) is 0 Å². The van der Waals surface area contributed by atoms with E-state index in [0.29, 0.717) is 6.42 Å². The molecule has 2 atom stereocenters. The highest BCUT2D eigenvalue weighted by Gasteiger charge is 2.46. The molecule has 112 valence electrons. The first-order valence-electron chi connectivity index (χ1n) is 7.02. The lowest BCUT2D eigenvalue weighted by atomic mass is 10.00. The zero-order chi connectivity index (χ0) is 15.6.